The van der Waals surface area contributed by atoms with Crippen LogP contribution in [0.2, 0.25) is 10.0 Å². The molecule has 0 saturated heterocycles. The van der Waals surface area contributed by atoms with Crippen molar-refractivity contribution in [2.75, 3.05) is 27.3 Å². The summed E-state index contributed by atoms with van der Waals surface area (Å²) in [5.41, 5.74) is 1.79. The normalized spacial score (nSPS) is 14.1. The molecule has 4 rings (SSSR count). The molecule has 3 aromatic rings. The van der Waals surface area contributed by atoms with E-state index in [0.717, 1.165) is 28.3 Å². The van der Waals surface area contributed by atoms with Crippen molar-refractivity contribution >= 4 is 40.4 Å². The highest BCUT2D eigenvalue weighted by Gasteiger charge is 2.31. The van der Waals surface area contributed by atoms with Gasteiger partial charge in [0.05, 0.1) is 46.8 Å². The Morgan fingerprint density at radius 3 is 2.53 bits per heavy atom. The van der Waals surface area contributed by atoms with Crippen LogP contribution in [0.3, 0.4) is 0 Å². The van der Waals surface area contributed by atoms with Crippen LogP contribution in [0.25, 0.3) is 10.4 Å². The van der Waals surface area contributed by atoms with Gasteiger partial charge in [0.25, 0.3) is 5.91 Å². The fourth-order valence-corrected chi connectivity index (χ4v) is 4.99. The number of aryl methyl sites for hydroxylation is 1. The summed E-state index contributed by atoms with van der Waals surface area (Å²) >= 11 is 13.7. The van der Waals surface area contributed by atoms with Crippen LogP contribution < -0.4 is 9.47 Å². The minimum atomic E-state index is -0.893. The molecule has 1 atom stereocenters. The van der Waals surface area contributed by atoms with E-state index in [1.54, 1.807) is 49.5 Å². The van der Waals surface area contributed by atoms with Gasteiger partial charge >= 0.3 is 0 Å². The fraction of sp³-hybridized carbons (Fsp3) is 0.360. The van der Waals surface area contributed by atoms with Gasteiger partial charge in [0, 0.05) is 6.54 Å². The van der Waals surface area contributed by atoms with Crippen molar-refractivity contribution in [1.29, 1.82) is 0 Å². The third-order valence-electron chi connectivity index (χ3n) is 5.77. The first-order valence-corrected chi connectivity index (χ1v) is 12.5. The Morgan fingerprint density at radius 1 is 1.15 bits per heavy atom. The number of rotatable bonds is 9. The molecule has 1 fully saturated rings. The van der Waals surface area contributed by atoms with Gasteiger partial charge in [0.15, 0.2) is 11.5 Å². The largest absolute Gasteiger partial charge is 0.493 e. The van der Waals surface area contributed by atoms with Crippen LogP contribution >= 0.6 is 34.5 Å². The Kier molecular flexibility index (Phi) is 7.67. The monoisotopic (exact) mass is 520 g/mol. The number of hydrogen-bond acceptors (Lipinski definition) is 6. The minimum Gasteiger partial charge on any atom is -0.493 e. The molecule has 1 unspecified atom stereocenters. The Balaban J connectivity index is 1.62. The number of nitrogens with zero attached hydrogens (tertiary/aromatic N) is 2. The number of amides is 1. The predicted molar refractivity (Wildman–Crippen MR) is 135 cm³/mol. The van der Waals surface area contributed by atoms with Crippen LogP contribution in [0.1, 0.15) is 40.0 Å². The number of methoxy groups -OCH3 is 2. The van der Waals surface area contributed by atoms with E-state index in [-0.39, 0.29) is 12.5 Å². The van der Waals surface area contributed by atoms with Gasteiger partial charge in [-0.05, 0) is 61.1 Å². The van der Waals surface area contributed by atoms with Gasteiger partial charge in [-0.15, -0.1) is 11.3 Å². The summed E-state index contributed by atoms with van der Waals surface area (Å²) in [6, 6.07) is 10.6. The van der Waals surface area contributed by atoms with Crippen molar-refractivity contribution in [2.24, 2.45) is 5.92 Å². The Bertz CT molecular complexity index is 1200. The number of aliphatic hydroxyl groups is 1. The lowest BCUT2D eigenvalue weighted by atomic mass is 10.1. The molecule has 34 heavy (non-hydrogen) atoms. The second kappa shape index (κ2) is 10.5. The molecule has 9 heteroatoms. The van der Waals surface area contributed by atoms with Crippen LogP contribution in [0.5, 0.6) is 11.5 Å². The Morgan fingerprint density at radius 2 is 1.88 bits per heavy atom. The minimum absolute atomic E-state index is 0.141. The van der Waals surface area contributed by atoms with E-state index in [1.807, 2.05) is 13.0 Å². The first-order chi connectivity index (χ1) is 16.3. The lowest BCUT2D eigenvalue weighted by Gasteiger charge is -2.26. The summed E-state index contributed by atoms with van der Waals surface area (Å²) in [5.74, 6) is 1.33. The van der Waals surface area contributed by atoms with Gasteiger partial charge in [-0.1, -0.05) is 35.3 Å². The number of thiazole rings is 1. The summed E-state index contributed by atoms with van der Waals surface area (Å²) in [6.07, 6.45) is 1.26. The first-order valence-electron chi connectivity index (χ1n) is 10.9. The maximum atomic E-state index is 13.7. The van der Waals surface area contributed by atoms with Crippen LogP contribution in [0.15, 0.2) is 36.4 Å². The maximum absolute atomic E-state index is 13.7. The van der Waals surface area contributed by atoms with Gasteiger partial charge in [-0.3, -0.25) is 4.79 Å². The van der Waals surface area contributed by atoms with Gasteiger partial charge in [0.1, 0.15) is 5.69 Å². The van der Waals surface area contributed by atoms with Crippen molar-refractivity contribution in [2.45, 2.75) is 25.9 Å². The second-order valence-electron chi connectivity index (χ2n) is 8.32. The van der Waals surface area contributed by atoms with E-state index in [1.165, 1.54) is 11.3 Å². The predicted octanol–water partition coefficient (Wildman–Crippen LogP) is 6.03. The molecule has 0 bridgehead atoms. The zero-order valence-corrected chi connectivity index (χ0v) is 21.5. The van der Waals surface area contributed by atoms with Crippen LogP contribution in [-0.4, -0.2) is 48.2 Å². The highest BCUT2D eigenvalue weighted by Crippen LogP contribution is 2.37. The number of aliphatic hydroxyl groups excluding tert-OH is 1. The average Bonchev–Trinajstić information content (AvgIpc) is 3.57. The third kappa shape index (κ3) is 5.49. The molecule has 0 radical (unpaired) electrons. The summed E-state index contributed by atoms with van der Waals surface area (Å²) < 4.78 is 10.6. The van der Waals surface area contributed by atoms with Crippen LogP contribution in [-0.2, 0) is 0 Å². The quantitative estimate of drug-likeness (QED) is 0.373. The Hall–Kier alpha value is -2.32. The lowest BCUT2D eigenvalue weighted by molar-refractivity contribution is 0.0606. The van der Waals surface area contributed by atoms with E-state index in [9.17, 15) is 9.90 Å². The molecular formula is C25H26Cl2N2O4S. The van der Waals surface area contributed by atoms with Gasteiger partial charge < -0.3 is 19.5 Å². The molecule has 1 aromatic heterocycles. The summed E-state index contributed by atoms with van der Waals surface area (Å²) in [7, 11) is 3.11. The zero-order valence-electron chi connectivity index (χ0n) is 19.2. The van der Waals surface area contributed by atoms with E-state index in [2.05, 4.69) is 4.98 Å². The van der Waals surface area contributed by atoms with Crippen LogP contribution in [0, 0.1) is 12.8 Å². The topological polar surface area (TPSA) is 71.9 Å². The third-order valence-corrected chi connectivity index (χ3v) is 7.53. The molecular weight excluding hydrogens is 495 g/mol. The molecule has 1 heterocycles. The molecule has 0 spiro atoms. The van der Waals surface area contributed by atoms with Crippen molar-refractivity contribution in [1.82, 2.24) is 9.88 Å². The number of carbonyl (C=O) groups excluding carboxylic acids is 1. The lowest BCUT2D eigenvalue weighted by Crippen LogP contribution is -2.37. The van der Waals surface area contributed by atoms with Crippen molar-refractivity contribution in [3.63, 3.8) is 0 Å². The van der Waals surface area contributed by atoms with E-state index in [4.69, 9.17) is 32.7 Å². The molecule has 1 amide bonds. The van der Waals surface area contributed by atoms with Gasteiger partial charge in [-0.25, -0.2) is 4.98 Å². The summed E-state index contributed by atoms with van der Waals surface area (Å²) in [4.78, 5) is 20.7. The number of ether oxygens (including phenoxy) is 2. The van der Waals surface area contributed by atoms with E-state index >= 15 is 0 Å². The van der Waals surface area contributed by atoms with Crippen molar-refractivity contribution in [3.05, 3.63) is 62.7 Å². The Labute approximate surface area is 213 Å². The van der Waals surface area contributed by atoms with Crippen molar-refractivity contribution in [3.8, 4) is 21.9 Å². The highest BCUT2D eigenvalue weighted by atomic mass is 35.5. The summed E-state index contributed by atoms with van der Waals surface area (Å²) in [5, 5.41) is 12.7. The summed E-state index contributed by atoms with van der Waals surface area (Å²) in [6.45, 7) is 2.58. The molecule has 1 aliphatic rings. The molecule has 6 nitrogen and oxygen atoms in total. The van der Waals surface area contributed by atoms with Gasteiger partial charge in [-0.2, -0.15) is 0 Å². The van der Waals surface area contributed by atoms with E-state index < -0.39 is 6.10 Å². The van der Waals surface area contributed by atoms with Gasteiger partial charge in [0.2, 0.25) is 0 Å². The molecule has 2 aromatic carbocycles. The molecule has 1 aliphatic carbocycles. The highest BCUT2D eigenvalue weighted by molar-refractivity contribution is 7.15. The smallest absolute Gasteiger partial charge is 0.274 e. The number of halogens is 2. The number of aromatic nitrogens is 1. The molecule has 1 saturated carbocycles. The standard InChI is InChI=1S/C25H26Cl2N2O4S/c1-14-28-23(24(34-14)17-6-8-18(26)19(27)10-17)25(31)29(12-15-4-5-15)13-20(30)16-7-9-21(32-2)22(11-16)33-3/h6-11,15,20,30H,4-5,12-13H2,1-3H3. The average molecular weight is 521 g/mol. The first kappa shape index (κ1) is 24.8. The fourth-order valence-electron chi connectivity index (χ4n) is 3.78. The molecule has 180 valence electrons. The number of benzene rings is 2. The van der Waals surface area contributed by atoms with Crippen LogP contribution in [0.4, 0.5) is 0 Å². The molecule has 1 N–H and O–H groups in total. The van der Waals surface area contributed by atoms with E-state index in [0.29, 0.717) is 45.3 Å². The van der Waals surface area contributed by atoms with Crippen molar-refractivity contribution < 1.29 is 19.4 Å². The number of hydrogen-bond donors (Lipinski definition) is 1. The SMILES string of the molecule is COc1ccc(C(O)CN(CC2CC2)C(=O)c2nc(C)sc2-c2ccc(Cl)c(Cl)c2)cc1OC. The molecule has 0 aliphatic heterocycles. The maximum Gasteiger partial charge on any atom is 0.274 e. The zero-order chi connectivity index (χ0) is 24.4. The second-order valence-corrected chi connectivity index (χ2v) is 10.3. The number of carbonyl (C=O) groups is 1.